The van der Waals surface area contributed by atoms with Crippen LogP contribution in [0.25, 0.3) is 27.7 Å². The van der Waals surface area contributed by atoms with E-state index < -0.39 is 48.8 Å². The van der Waals surface area contributed by atoms with E-state index in [-0.39, 0.29) is 64.1 Å². The van der Waals surface area contributed by atoms with E-state index in [1.807, 2.05) is 13.8 Å². The Morgan fingerprint density at radius 2 is 1.73 bits per heavy atom. The normalized spacial score (nSPS) is 18.8. The molecule has 0 spiro atoms. The van der Waals surface area contributed by atoms with Crippen LogP contribution < -0.4 is 10.5 Å². The Balaban J connectivity index is 1.97. The van der Waals surface area contributed by atoms with Gasteiger partial charge in [0.1, 0.15) is 11.6 Å². The van der Waals surface area contributed by atoms with Gasteiger partial charge in [-0.2, -0.15) is 0 Å². The van der Waals surface area contributed by atoms with E-state index in [1.165, 1.54) is 37.4 Å². The lowest BCUT2D eigenvalue weighted by Gasteiger charge is -2.29. The number of rotatable bonds is 8. The van der Waals surface area contributed by atoms with Crippen LogP contribution in [-0.4, -0.2) is 74.1 Å². The zero-order chi connectivity index (χ0) is 35.4. The second kappa shape index (κ2) is 13.0. The average molecular weight is 699 g/mol. The van der Waals surface area contributed by atoms with Crippen LogP contribution in [0.3, 0.4) is 0 Å². The second-order valence-electron chi connectivity index (χ2n) is 12.5. The summed E-state index contributed by atoms with van der Waals surface area (Å²) in [7, 11) is -2.79. The maximum absolute atomic E-state index is 17.4. The lowest BCUT2D eigenvalue weighted by Crippen LogP contribution is -2.36. The Kier molecular flexibility index (Phi) is 9.46. The van der Waals surface area contributed by atoms with Crippen LogP contribution in [0, 0.1) is 29.4 Å². The number of aliphatic imine (C=N–C) groups is 1. The van der Waals surface area contributed by atoms with Crippen molar-refractivity contribution >= 4 is 55.3 Å². The van der Waals surface area contributed by atoms with Crippen molar-refractivity contribution in [2.75, 3.05) is 44.4 Å². The summed E-state index contributed by atoms with van der Waals surface area (Å²) < 4.78 is 60.9. The minimum Gasteiger partial charge on any atom is -0.507 e. The van der Waals surface area contributed by atoms with Crippen molar-refractivity contribution in [1.29, 1.82) is 0 Å². The van der Waals surface area contributed by atoms with Crippen molar-refractivity contribution in [3.8, 4) is 16.9 Å². The standard InChI is InChI=1S/C35H37ClF2N4O5S/c1-8-19(5)31(30(39-6)18(3)4)42-32-22(13-23(36)27(29(32)38)28-24(37)11-10-12-25(28)43)33(34(35(42)45)48(7,46)47)41-16-20-14-40(26(44)9-2)15-21(20)17-41/h8-13,18,20-21,43H,1-2,14-17H2,3-7H3/b31-19+,39-30?/t20-,21+. The van der Waals surface area contributed by atoms with Gasteiger partial charge in [-0.05, 0) is 42.7 Å². The highest BCUT2D eigenvalue weighted by atomic mass is 35.5. The van der Waals surface area contributed by atoms with E-state index >= 15 is 8.78 Å². The first-order chi connectivity index (χ1) is 22.6. The number of anilines is 1. The van der Waals surface area contributed by atoms with Crippen LogP contribution in [0.15, 0.2) is 69.8 Å². The molecule has 254 valence electrons. The first kappa shape index (κ1) is 35.0. The number of allylic oxidation sites excluding steroid dienone is 3. The van der Waals surface area contributed by atoms with Crippen molar-refractivity contribution in [2.45, 2.75) is 25.7 Å². The number of pyridine rings is 1. The molecule has 2 fully saturated rings. The summed E-state index contributed by atoms with van der Waals surface area (Å²) in [6, 6.07) is 4.78. The lowest BCUT2D eigenvalue weighted by molar-refractivity contribution is -0.125. The molecule has 9 nitrogen and oxygen atoms in total. The molecule has 0 unspecified atom stereocenters. The number of hydrogen-bond donors (Lipinski definition) is 1. The van der Waals surface area contributed by atoms with Crippen LogP contribution >= 0.6 is 11.6 Å². The van der Waals surface area contributed by atoms with Gasteiger partial charge in [-0.3, -0.25) is 19.1 Å². The SMILES string of the molecule is C=CC(=O)N1C[C@@H]2CN(c3c(S(C)(=O)=O)c(=O)n(/C(C(=NC)C(C)C)=C(\C)C=C)c4c(F)c(-c5c(O)cccc5F)c(Cl)cc34)C[C@@H]2C1. The molecule has 2 saturated heterocycles. The lowest BCUT2D eigenvalue weighted by atomic mass is 9.97. The van der Waals surface area contributed by atoms with Crippen LogP contribution in [0.4, 0.5) is 14.5 Å². The number of carbonyl (C=O) groups excluding carboxylic acids is 1. The topological polar surface area (TPSA) is 112 Å². The molecule has 2 aliphatic heterocycles. The molecule has 5 rings (SSSR count). The average Bonchev–Trinajstić information content (AvgIpc) is 3.59. The molecule has 3 heterocycles. The minimum atomic E-state index is -4.29. The number of aromatic hydroxyl groups is 1. The van der Waals surface area contributed by atoms with E-state index in [0.717, 1.165) is 16.9 Å². The largest absolute Gasteiger partial charge is 0.507 e. The van der Waals surface area contributed by atoms with Crippen molar-refractivity contribution < 1.29 is 27.1 Å². The Morgan fingerprint density at radius 3 is 2.23 bits per heavy atom. The minimum absolute atomic E-state index is 0.00956. The molecule has 48 heavy (non-hydrogen) atoms. The highest BCUT2D eigenvalue weighted by molar-refractivity contribution is 7.90. The summed E-state index contributed by atoms with van der Waals surface area (Å²) in [6.45, 7) is 14.0. The molecule has 2 aromatic carbocycles. The molecule has 1 amide bonds. The molecule has 0 bridgehead atoms. The van der Waals surface area contributed by atoms with Gasteiger partial charge in [0.05, 0.1) is 33.2 Å². The van der Waals surface area contributed by atoms with Crippen LogP contribution in [0.1, 0.15) is 20.8 Å². The van der Waals surface area contributed by atoms with Crippen molar-refractivity contribution in [3.63, 3.8) is 0 Å². The summed E-state index contributed by atoms with van der Waals surface area (Å²) in [6.07, 6.45) is 3.60. The molecule has 1 N–H and O–H groups in total. The Morgan fingerprint density at radius 1 is 1.10 bits per heavy atom. The second-order valence-corrected chi connectivity index (χ2v) is 14.9. The van der Waals surface area contributed by atoms with E-state index in [9.17, 15) is 23.1 Å². The van der Waals surface area contributed by atoms with E-state index in [2.05, 4.69) is 18.2 Å². The molecule has 0 aliphatic carbocycles. The fraction of sp³-hybridized carbons (Fsp3) is 0.343. The van der Waals surface area contributed by atoms with Crippen LogP contribution in [-0.2, 0) is 14.6 Å². The number of phenolic OH excluding ortho intramolecular Hbond substituents is 1. The van der Waals surface area contributed by atoms with E-state index in [4.69, 9.17) is 11.6 Å². The predicted octanol–water partition coefficient (Wildman–Crippen LogP) is 5.93. The molecule has 2 atom stereocenters. The van der Waals surface area contributed by atoms with Gasteiger partial charge in [-0.15, -0.1) is 0 Å². The predicted molar refractivity (Wildman–Crippen MR) is 187 cm³/mol. The molecule has 3 aromatic rings. The molecular formula is C35H37ClF2N4O5S. The fourth-order valence-electron chi connectivity index (χ4n) is 7.00. The molecule has 2 aliphatic rings. The van der Waals surface area contributed by atoms with E-state index in [1.54, 1.807) is 16.7 Å². The molecule has 0 saturated carbocycles. The number of likely N-dealkylation sites (tertiary alicyclic amines) is 1. The number of phenols is 1. The molecule has 13 heteroatoms. The smallest absolute Gasteiger partial charge is 0.276 e. The van der Waals surface area contributed by atoms with Crippen molar-refractivity contribution in [1.82, 2.24) is 9.47 Å². The molecule has 1 aromatic heterocycles. The number of fused-ring (bicyclic) bond motifs is 2. The van der Waals surface area contributed by atoms with Crippen molar-refractivity contribution in [2.24, 2.45) is 22.7 Å². The monoisotopic (exact) mass is 698 g/mol. The zero-order valence-corrected chi connectivity index (χ0v) is 28.9. The van der Waals surface area contributed by atoms with Gasteiger partial charge in [0.25, 0.3) is 5.56 Å². The number of hydrogen-bond acceptors (Lipinski definition) is 7. The number of benzene rings is 2. The highest BCUT2D eigenvalue weighted by Gasteiger charge is 2.44. The van der Waals surface area contributed by atoms with Crippen LogP contribution in [0.2, 0.25) is 5.02 Å². The van der Waals surface area contributed by atoms with Crippen molar-refractivity contribution in [3.05, 3.63) is 82.2 Å². The number of carbonyl (C=O) groups is 1. The van der Waals surface area contributed by atoms with E-state index in [0.29, 0.717) is 24.4 Å². The van der Waals surface area contributed by atoms with Gasteiger partial charge < -0.3 is 14.9 Å². The zero-order valence-electron chi connectivity index (χ0n) is 27.3. The van der Waals surface area contributed by atoms with Gasteiger partial charge in [0.2, 0.25) is 5.91 Å². The highest BCUT2D eigenvalue weighted by Crippen LogP contribution is 2.46. The maximum atomic E-state index is 17.4. The third kappa shape index (κ3) is 5.74. The number of nitrogens with zero attached hydrogens (tertiary/aromatic N) is 4. The first-order valence-corrected chi connectivity index (χ1v) is 17.6. The van der Waals surface area contributed by atoms with Gasteiger partial charge >= 0.3 is 0 Å². The molecule has 0 radical (unpaired) electrons. The van der Waals surface area contributed by atoms with Gasteiger partial charge in [0, 0.05) is 62.3 Å². The number of aromatic nitrogens is 1. The summed E-state index contributed by atoms with van der Waals surface area (Å²) in [5, 5.41) is 10.4. The summed E-state index contributed by atoms with van der Waals surface area (Å²) in [5.74, 6) is -3.34. The van der Waals surface area contributed by atoms with Gasteiger partial charge in [-0.1, -0.05) is 50.7 Å². The number of halogens is 3. The summed E-state index contributed by atoms with van der Waals surface area (Å²) in [5.41, 5.74) is -1.61. The number of sulfone groups is 1. The maximum Gasteiger partial charge on any atom is 0.276 e. The summed E-state index contributed by atoms with van der Waals surface area (Å²) in [4.78, 5) is 34.4. The van der Waals surface area contributed by atoms with Gasteiger partial charge in [0.15, 0.2) is 20.5 Å². The molecular weight excluding hydrogens is 662 g/mol. The first-order valence-electron chi connectivity index (χ1n) is 15.3. The van der Waals surface area contributed by atoms with Gasteiger partial charge in [-0.25, -0.2) is 17.2 Å². The Bertz CT molecular complexity index is 2090. The quantitative estimate of drug-likeness (QED) is 0.177. The third-order valence-electron chi connectivity index (χ3n) is 9.12. The number of amides is 1. The third-order valence-corrected chi connectivity index (χ3v) is 10.5. The summed E-state index contributed by atoms with van der Waals surface area (Å²) >= 11 is 6.72. The Hall–Kier alpha value is -4.29. The fourth-order valence-corrected chi connectivity index (χ4v) is 8.28. The van der Waals surface area contributed by atoms with Crippen LogP contribution in [0.5, 0.6) is 5.75 Å². The Labute approximate surface area is 283 Å².